The largest absolute Gasteiger partial charge is 0.494 e. The Kier molecular flexibility index (Phi) is 6.84. The minimum Gasteiger partial charge on any atom is -0.494 e. The summed E-state index contributed by atoms with van der Waals surface area (Å²) in [5, 5.41) is 0. The molecule has 1 heterocycles. The molecule has 7 heteroatoms. The van der Waals surface area contributed by atoms with E-state index >= 15 is 0 Å². The van der Waals surface area contributed by atoms with E-state index in [1.165, 1.54) is 0 Å². The van der Waals surface area contributed by atoms with Gasteiger partial charge in [0.05, 0.1) is 12.5 Å². The Bertz CT molecular complexity index is 852. The highest BCUT2D eigenvalue weighted by molar-refractivity contribution is 5.96. The molecule has 0 radical (unpaired) electrons. The van der Waals surface area contributed by atoms with Crippen LogP contribution in [-0.2, 0) is 16.1 Å². The Morgan fingerprint density at radius 1 is 1.07 bits per heavy atom. The minimum absolute atomic E-state index is 0.0667. The van der Waals surface area contributed by atoms with Gasteiger partial charge >= 0.3 is 0 Å². The summed E-state index contributed by atoms with van der Waals surface area (Å²) in [6.45, 7) is 3.44. The number of hydrogen-bond donors (Lipinski definition) is 2. The summed E-state index contributed by atoms with van der Waals surface area (Å²) in [6.07, 6.45) is 1.04. The van der Waals surface area contributed by atoms with E-state index in [-0.39, 0.29) is 18.2 Å². The van der Waals surface area contributed by atoms with Gasteiger partial charge in [0.15, 0.2) is 0 Å². The third kappa shape index (κ3) is 5.57. The maximum absolute atomic E-state index is 12.4. The normalized spacial score (nSPS) is 15.8. The van der Waals surface area contributed by atoms with Gasteiger partial charge in [-0.2, -0.15) is 0 Å². The van der Waals surface area contributed by atoms with E-state index in [0.29, 0.717) is 31.0 Å². The number of rotatable bonds is 7. The summed E-state index contributed by atoms with van der Waals surface area (Å²) in [7, 11) is 0. The highest BCUT2D eigenvalue weighted by Gasteiger charge is 2.34. The number of hydrogen-bond acceptors (Lipinski definition) is 4. The fourth-order valence-corrected chi connectivity index (χ4v) is 3.12. The molecule has 0 aromatic heterocycles. The van der Waals surface area contributed by atoms with Crippen LogP contribution in [0.4, 0.5) is 0 Å². The fraction of sp³-hybridized carbons (Fsp3) is 0.318. The first-order valence-corrected chi connectivity index (χ1v) is 9.71. The van der Waals surface area contributed by atoms with Crippen LogP contribution in [0, 0.1) is 5.92 Å². The van der Waals surface area contributed by atoms with Gasteiger partial charge in [0.25, 0.3) is 5.91 Å². The Hall–Kier alpha value is -3.35. The van der Waals surface area contributed by atoms with Crippen LogP contribution in [-0.4, -0.2) is 35.8 Å². The van der Waals surface area contributed by atoms with Gasteiger partial charge in [-0.25, -0.2) is 0 Å². The number of likely N-dealkylation sites (tertiary alicyclic amines) is 1. The number of ether oxygens (including phenoxy) is 1. The van der Waals surface area contributed by atoms with E-state index in [0.717, 1.165) is 12.0 Å². The molecule has 7 nitrogen and oxygen atoms in total. The van der Waals surface area contributed by atoms with Crippen LogP contribution in [0.5, 0.6) is 5.75 Å². The van der Waals surface area contributed by atoms with Gasteiger partial charge in [-0.05, 0) is 36.2 Å². The van der Waals surface area contributed by atoms with Crippen molar-refractivity contribution in [3.8, 4) is 5.75 Å². The zero-order valence-electron chi connectivity index (χ0n) is 16.4. The van der Waals surface area contributed by atoms with Gasteiger partial charge in [0, 0.05) is 25.1 Å². The van der Waals surface area contributed by atoms with Gasteiger partial charge in [0.1, 0.15) is 5.75 Å². The Morgan fingerprint density at radius 2 is 1.79 bits per heavy atom. The van der Waals surface area contributed by atoms with Crippen molar-refractivity contribution in [2.24, 2.45) is 5.92 Å². The maximum atomic E-state index is 12.4. The quantitative estimate of drug-likeness (QED) is 0.704. The average Bonchev–Trinajstić information content (AvgIpc) is 3.11. The van der Waals surface area contributed by atoms with E-state index in [1.807, 2.05) is 37.3 Å². The van der Waals surface area contributed by atoms with Crippen molar-refractivity contribution >= 4 is 17.7 Å². The molecule has 1 fully saturated rings. The number of carbonyl (C=O) groups excluding carboxylic acids is 3. The number of nitrogens with one attached hydrogen (secondary N) is 2. The average molecular weight is 395 g/mol. The summed E-state index contributed by atoms with van der Waals surface area (Å²) < 4.78 is 5.48. The predicted octanol–water partition coefficient (Wildman–Crippen LogP) is 2.29. The van der Waals surface area contributed by atoms with E-state index in [2.05, 4.69) is 10.9 Å². The molecule has 1 saturated heterocycles. The topological polar surface area (TPSA) is 87.7 Å². The van der Waals surface area contributed by atoms with Gasteiger partial charge in [0.2, 0.25) is 11.8 Å². The summed E-state index contributed by atoms with van der Waals surface area (Å²) in [4.78, 5) is 38.5. The summed E-state index contributed by atoms with van der Waals surface area (Å²) in [6, 6.07) is 16.3. The first kappa shape index (κ1) is 20.4. The first-order valence-electron chi connectivity index (χ1n) is 9.71. The Labute approximate surface area is 170 Å². The van der Waals surface area contributed by atoms with E-state index in [1.54, 1.807) is 29.2 Å². The monoisotopic (exact) mass is 395 g/mol. The molecule has 2 N–H and O–H groups in total. The predicted molar refractivity (Wildman–Crippen MR) is 108 cm³/mol. The lowest BCUT2D eigenvalue weighted by Crippen LogP contribution is -2.45. The lowest BCUT2D eigenvalue weighted by molar-refractivity contribution is -0.129. The number of benzene rings is 2. The smallest absolute Gasteiger partial charge is 0.269 e. The zero-order valence-corrected chi connectivity index (χ0v) is 16.4. The SMILES string of the molecule is CCCOc1ccc(C(=O)NNC(=O)C2CC(=O)N(Cc3ccccc3)C2)cc1. The summed E-state index contributed by atoms with van der Waals surface area (Å²) >= 11 is 0. The zero-order chi connectivity index (χ0) is 20.6. The van der Waals surface area contributed by atoms with Crippen molar-refractivity contribution in [2.75, 3.05) is 13.2 Å². The van der Waals surface area contributed by atoms with Gasteiger partial charge in [-0.3, -0.25) is 25.2 Å². The maximum Gasteiger partial charge on any atom is 0.269 e. The number of hydrazine groups is 1. The van der Waals surface area contributed by atoms with Crippen molar-refractivity contribution < 1.29 is 19.1 Å². The van der Waals surface area contributed by atoms with Crippen molar-refractivity contribution in [2.45, 2.75) is 26.3 Å². The van der Waals surface area contributed by atoms with E-state index in [4.69, 9.17) is 4.74 Å². The van der Waals surface area contributed by atoms with Crippen molar-refractivity contribution in [3.63, 3.8) is 0 Å². The molecule has 1 unspecified atom stereocenters. The molecule has 1 atom stereocenters. The third-order valence-electron chi connectivity index (χ3n) is 4.69. The van der Waals surface area contributed by atoms with Crippen LogP contribution in [0.25, 0.3) is 0 Å². The van der Waals surface area contributed by atoms with Crippen molar-refractivity contribution in [1.29, 1.82) is 0 Å². The third-order valence-corrected chi connectivity index (χ3v) is 4.69. The Balaban J connectivity index is 1.47. The van der Waals surface area contributed by atoms with E-state index in [9.17, 15) is 14.4 Å². The molecule has 0 spiro atoms. The molecular formula is C22H25N3O4. The Morgan fingerprint density at radius 3 is 2.48 bits per heavy atom. The minimum atomic E-state index is -0.490. The van der Waals surface area contributed by atoms with Crippen LogP contribution in [0.1, 0.15) is 35.7 Å². The molecule has 3 amide bonds. The van der Waals surface area contributed by atoms with Gasteiger partial charge in [-0.1, -0.05) is 37.3 Å². The molecule has 0 saturated carbocycles. The van der Waals surface area contributed by atoms with Gasteiger partial charge < -0.3 is 9.64 Å². The second-order valence-electron chi connectivity index (χ2n) is 6.98. The number of carbonyl (C=O) groups is 3. The molecule has 152 valence electrons. The number of amides is 3. The lowest BCUT2D eigenvalue weighted by Gasteiger charge is -2.16. The van der Waals surface area contributed by atoms with Crippen LogP contribution in [0.2, 0.25) is 0 Å². The molecule has 29 heavy (non-hydrogen) atoms. The summed E-state index contributed by atoms with van der Waals surface area (Å²) in [5.41, 5.74) is 6.26. The van der Waals surface area contributed by atoms with Crippen molar-refractivity contribution in [3.05, 3.63) is 65.7 Å². The number of nitrogens with zero attached hydrogens (tertiary/aromatic N) is 1. The van der Waals surface area contributed by atoms with Crippen molar-refractivity contribution in [1.82, 2.24) is 15.8 Å². The van der Waals surface area contributed by atoms with E-state index < -0.39 is 11.8 Å². The van der Waals surface area contributed by atoms with Crippen LogP contribution in [0.3, 0.4) is 0 Å². The molecule has 0 aliphatic carbocycles. The molecule has 3 rings (SSSR count). The standard InChI is InChI=1S/C22H25N3O4/c1-2-12-29-19-10-8-17(9-11-19)21(27)23-24-22(28)18-13-20(26)25(15-18)14-16-6-4-3-5-7-16/h3-11,18H,2,12-15H2,1H3,(H,23,27)(H,24,28). The van der Waals surface area contributed by atoms with Crippen LogP contribution in [0.15, 0.2) is 54.6 Å². The van der Waals surface area contributed by atoms with Gasteiger partial charge in [-0.15, -0.1) is 0 Å². The van der Waals surface area contributed by atoms with Crippen LogP contribution < -0.4 is 15.6 Å². The molecular weight excluding hydrogens is 370 g/mol. The molecule has 1 aliphatic rings. The second-order valence-corrected chi connectivity index (χ2v) is 6.98. The molecule has 1 aliphatic heterocycles. The second kappa shape index (κ2) is 9.73. The van der Waals surface area contributed by atoms with Crippen LogP contribution >= 0.6 is 0 Å². The lowest BCUT2D eigenvalue weighted by atomic mass is 10.1. The highest BCUT2D eigenvalue weighted by Crippen LogP contribution is 2.20. The highest BCUT2D eigenvalue weighted by atomic mass is 16.5. The molecule has 2 aromatic rings. The molecule has 2 aromatic carbocycles. The first-order chi connectivity index (χ1) is 14.1. The summed E-state index contributed by atoms with van der Waals surface area (Å²) in [5.74, 6) is -0.661. The molecule has 0 bridgehead atoms. The fourth-order valence-electron chi connectivity index (χ4n) is 3.12.